The highest BCUT2D eigenvalue weighted by Crippen LogP contribution is 2.24. The molecule has 0 unspecified atom stereocenters. The molecule has 0 aromatic heterocycles. The van der Waals surface area contributed by atoms with Crippen molar-refractivity contribution < 1.29 is 28.6 Å². The van der Waals surface area contributed by atoms with Gasteiger partial charge in [-0.25, -0.2) is 9.59 Å². The minimum atomic E-state index is -0.490. The van der Waals surface area contributed by atoms with Gasteiger partial charge in [-0.3, -0.25) is 4.79 Å². The van der Waals surface area contributed by atoms with Gasteiger partial charge in [-0.2, -0.15) is 0 Å². The number of rotatable bonds is 20. The fraction of sp³-hybridized carbons (Fsp3) is 0.462. The van der Waals surface area contributed by atoms with Crippen LogP contribution in [0.15, 0.2) is 72.8 Å². The molecule has 0 saturated carbocycles. The Kier molecular flexibility index (Phi) is 15.9. The first kappa shape index (κ1) is 35.5. The molecule has 0 fully saturated rings. The second-order valence-corrected chi connectivity index (χ2v) is 11.8. The third kappa shape index (κ3) is 13.3. The van der Waals surface area contributed by atoms with Gasteiger partial charge in [0, 0.05) is 6.42 Å². The summed E-state index contributed by atoms with van der Waals surface area (Å²) in [6.07, 6.45) is 15.2. The van der Waals surface area contributed by atoms with Crippen LogP contribution in [0.3, 0.4) is 0 Å². The number of unbranched alkanes of at least 4 members (excludes halogenated alkanes) is 10. The first-order valence-corrected chi connectivity index (χ1v) is 16.8. The number of carbonyl (C=O) groups excluding carboxylic acids is 3. The lowest BCUT2D eigenvalue weighted by Gasteiger charge is -2.13. The van der Waals surface area contributed by atoms with Crippen LogP contribution < -0.4 is 9.47 Å². The molecule has 0 aliphatic heterocycles. The summed E-state index contributed by atoms with van der Waals surface area (Å²) in [6, 6.07) is 20.9. The first-order valence-electron chi connectivity index (χ1n) is 16.8. The molecule has 0 heterocycles. The van der Waals surface area contributed by atoms with Gasteiger partial charge < -0.3 is 14.2 Å². The zero-order valence-corrected chi connectivity index (χ0v) is 27.4. The van der Waals surface area contributed by atoms with Crippen molar-refractivity contribution in [2.75, 3.05) is 0 Å². The van der Waals surface area contributed by atoms with E-state index in [9.17, 15) is 14.4 Å². The Morgan fingerprint density at radius 1 is 0.533 bits per heavy atom. The molecule has 242 valence electrons. The zero-order valence-electron chi connectivity index (χ0n) is 27.4. The van der Waals surface area contributed by atoms with E-state index in [1.54, 1.807) is 48.5 Å². The number of hydrogen-bond donors (Lipinski definition) is 0. The minimum Gasteiger partial charge on any atom is -0.459 e. The van der Waals surface area contributed by atoms with E-state index in [1.165, 1.54) is 51.4 Å². The number of hydrogen-bond acceptors (Lipinski definition) is 6. The summed E-state index contributed by atoms with van der Waals surface area (Å²) in [7, 11) is 0. The van der Waals surface area contributed by atoms with Crippen molar-refractivity contribution in [1.29, 1.82) is 0 Å². The van der Waals surface area contributed by atoms with Crippen LogP contribution in [0, 0.1) is 0 Å². The van der Waals surface area contributed by atoms with Gasteiger partial charge in [0.15, 0.2) is 0 Å². The van der Waals surface area contributed by atoms with E-state index >= 15 is 0 Å². The summed E-state index contributed by atoms with van der Waals surface area (Å²) in [5.74, 6) is -0.192. The quantitative estimate of drug-likeness (QED) is 0.0716. The van der Waals surface area contributed by atoms with Gasteiger partial charge in [-0.1, -0.05) is 102 Å². The molecule has 0 saturated heterocycles. The molecule has 0 aliphatic carbocycles. The molecule has 0 N–H and O–H groups in total. The summed E-state index contributed by atoms with van der Waals surface area (Å²) in [5, 5.41) is 0. The molecule has 3 rings (SSSR count). The Balaban J connectivity index is 1.41. The third-order valence-corrected chi connectivity index (χ3v) is 7.85. The topological polar surface area (TPSA) is 78.9 Å². The van der Waals surface area contributed by atoms with Crippen molar-refractivity contribution in [3.8, 4) is 22.6 Å². The molecular formula is C39H50O6. The van der Waals surface area contributed by atoms with Crippen LogP contribution in [-0.2, 0) is 9.53 Å². The van der Waals surface area contributed by atoms with Crippen LogP contribution >= 0.6 is 0 Å². The average Bonchev–Trinajstić information content (AvgIpc) is 3.05. The van der Waals surface area contributed by atoms with E-state index in [2.05, 4.69) is 13.8 Å². The molecule has 0 bridgehead atoms. The van der Waals surface area contributed by atoms with E-state index in [4.69, 9.17) is 14.2 Å². The molecule has 0 amide bonds. The van der Waals surface area contributed by atoms with Gasteiger partial charge in [0.05, 0.1) is 17.2 Å². The number of ether oxygens (including phenoxy) is 3. The Morgan fingerprint density at radius 2 is 0.978 bits per heavy atom. The molecule has 6 nitrogen and oxygen atoms in total. The maximum absolute atomic E-state index is 12.7. The number of benzene rings is 3. The van der Waals surface area contributed by atoms with Crippen LogP contribution in [0.5, 0.6) is 11.5 Å². The van der Waals surface area contributed by atoms with Gasteiger partial charge in [0.2, 0.25) is 0 Å². The second kappa shape index (κ2) is 20.2. The lowest BCUT2D eigenvalue weighted by molar-refractivity contribution is -0.134. The van der Waals surface area contributed by atoms with E-state index < -0.39 is 5.97 Å². The SMILES string of the molecule is CCCCCCCCCCC(=O)Oc1ccc(-c2ccc(C(=O)Oc3ccc(C(=O)O[C@@H](C)CCCCCC)cc3)cc2)cc1. The minimum absolute atomic E-state index is 0.139. The molecule has 0 aliphatic rings. The Labute approximate surface area is 269 Å². The molecule has 6 heteroatoms. The van der Waals surface area contributed by atoms with Crippen LogP contribution in [-0.4, -0.2) is 24.0 Å². The lowest BCUT2D eigenvalue weighted by Crippen LogP contribution is -2.15. The highest BCUT2D eigenvalue weighted by molar-refractivity contribution is 5.92. The first-order chi connectivity index (χ1) is 21.9. The second-order valence-electron chi connectivity index (χ2n) is 11.8. The summed E-state index contributed by atoms with van der Waals surface area (Å²) in [6.45, 7) is 6.30. The van der Waals surface area contributed by atoms with Crippen molar-refractivity contribution in [3.05, 3.63) is 83.9 Å². The molecule has 0 spiro atoms. The van der Waals surface area contributed by atoms with Gasteiger partial charge in [0.25, 0.3) is 0 Å². The van der Waals surface area contributed by atoms with Crippen LogP contribution in [0.25, 0.3) is 11.1 Å². The monoisotopic (exact) mass is 614 g/mol. The van der Waals surface area contributed by atoms with Crippen molar-refractivity contribution in [2.45, 2.75) is 117 Å². The maximum atomic E-state index is 12.7. The van der Waals surface area contributed by atoms with Gasteiger partial charge >= 0.3 is 17.9 Å². The molecule has 3 aromatic rings. The van der Waals surface area contributed by atoms with E-state index in [-0.39, 0.29) is 18.0 Å². The standard InChI is InChI=1S/C39H50O6/c1-4-6-8-10-11-12-13-15-17-37(40)44-35-26-22-32(23-27-35)31-18-20-33(21-19-31)39(42)45-36-28-24-34(25-29-36)38(41)43-30(3)16-14-9-7-5-2/h18-30H,4-17H2,1-3H3/t30-/m0/s1. The Hall–Kier alpha value is -3.93. The highest BCUT2D eigenvalue weighted by Gasteiger charge is 2.14. The van der Waals surface area contributed by atoms with Crippen LogP contribution in [0.1, 0.15) is 131 Å². The zero-order chi connectivity index (χ0) is 32.3. The average molecular weight is 615 g/mol. The van der Waals surface area contributed by atoms with E-state index in [0.29, 0.717) is 29.0 Å². The molecule has 1 atom stereocenters. The summed E-state index contributed by atoms with van der Waals surface area (Å²) < 4.78 is 16.6. The Bertz CT molecular complexity index is 1290. The van der Waals surface area contributed by atoms with Crippen LogP contribution in [0.4, 0.5) is 0 Å². The smallest absolute Gasteiger partial charge is 0.343 e. The molecule has 0 radical (unpaired) electrons. The molecule has 45 heavy (non-hydrogen) atoms. The summed E-state index contributed by atoms with van der Waals surface area (Å²) >= 11 is 0. The normalized spacial score (nSPS) is 11.5. The number of esters is 3. The molecular weight excluding hydrogens is 564 g/mol. The highest BCUT2D eigenvalue weighted by atomic mass is 16.5. The van der Waals surface area contributed by atoms with Crippen molar-refractivity contribution >= 4 is 17.9 Å². The van der Waals surface area contributed by atoms with E-state index in [1.807, 2.05) is 31.2 Å². The van der Waals surface area contributed by atoms with Gasteiger partial charge in [-0.15, -0.1) is 0 Å². The fourth-order valence-electron chi connectivity index (χ4n) is 5.09. The van der Waals surface area contributed by atoms with Crippen molar-refractivity contribution in [3.63, 3.8) is 0 Å². The van der Waals surface area contributed by atoms with Crippen LogP contribution in [0.2, 0.25) is 0 Å². The lowest BCUT2D eigenvalue weighted by atomic mass is 10.0. The third-order valence-electron chi connectivity index (χ3n) is 7.85. The molecule has 3 aromatic carbocycles. The van der Waals surface area contributed by atoms with Gasteiger partial charge in [-0.05, 0) is 85.8 Å². The summed E-state index contributed by atoms with van der Waals surface area (Å²) in [5.41, 5.74) is 2.69. The summed E-state index contributed by atoms with van der Waals surface area (Å²) in [4.78, 5) is 37.4. The Morgan fingerprint density at radius 3 is 1.58 bits per heavy atom. The van der Waals surface area contributed by atoms with Crippen molar-refractivity contribution in [2.24, 2.45) is 0 Å². The predicted octanol–water partition coefficient (Wildman–Crippen LogP) is 10.5. The van der Waals surface area contributed by atoms with E-state index in [0.717, 1.165) is 43.2 Å². The predicted molar refractivity (Wildman–Crippen MR) is 180 cm³/mol. The fourth-order valence-corrected chi connectivity index (χ4v) is 5.09. The van der Waals surface area contributed by atoms with Gasteiger partial charge in [0.1, 0.15) is 11.5 Å². The van der Waals surface area contributed by atoms with Crippen molar-refractivity contribution in [1.82, 2.24) is 0 Å². The maximum Gasteiger partial charge on any atom is 0.343 e. The largest absolute Gasteiger partial charge is 0.459 e. The number of carbonyl (C=O) groups is 3.